The average molecular weight is 300 g/mol. The van der Waals surface area contributed by atoms with Gasteiger partial charge in [-0.2, -0.15) is 0 Å². The van der Waals surface area contributed by atoms with E-state index in [4.69, 9.17) is 4.74 Å². The van der Waals surface area contributed by atoms with Crippen LogP contribution in [0.4, 0.5) is 0 Å². The molecule has 3 aliphatic heterocycles. The Morgan fingerprint density at radius 2 is 2.09 bits per heavy atom. The van der Waals surface area contributed by atoms with E-state index >= 15 is 0 Å². The monoisotopic (exact) mass is 300 g/mol. The highest BCUT2D eigenvalue weighted by atomic mass is 16.5. The normalized spacial score (nSPS) is 29.9. The van der Waals surface area contributed by atoms with Gasteiger partial charge in [0.1, 0.15) is 0 Å². The molecule has 0 aliphatic carbocycles. The van der Waals surface area contributed by atoms with Gasteiger partial charge in [-0.25, -0.2) is 0 Å². The second-order valence-corrected chi connectivity index (χ2v) is 6.51. The molecule has 5 heteroatoms. The van der Waals surface area contributed by atoms with Gasteiger partial charge in [-0.05, 0) is 37.1 Å². The van der Waals surface area contributed by atoms with Gasteiger partial charge in [0.15, 0.2) is 5.72 Å². The minimum Gasteiger partial charge on any atom is -0.351 e. The number of hydrogen-bond acceptors (Lipinski definition) is 3. The first kappa shape index (κ1) is 13.8. The van der Waals surface area contributed by atoms with Crippen LogP contribution in [0.15, 0.2) is 18.2 Å². The van der Waals surface area contributed by atoms with E-state index < -0.39 is 5.72 Å². The van der Waals surface area contributed by atoms with Crippen LogP contribution in [0.1, 0.15) is 34.3 Å². The van der Waals surface area contributed by atoms with Crippen molar-refractivity contribution in [1.82, 2.24) is 9.80 Å². The lowest BCUT2D eigenvalue weighted by Crippen LogP contribution is -2.48. The lowest BCUT2D eigenvalue weighted by atomic mass is 10.0. The Bertz CT molecular complexity index is 672. The van der Waals surface area contributed by atoms with E-state index in [1.807, 2.05) is 41.8 Å². The maximum absolute atomic E-state index is 12.9. The van der Waals surface area contributed by atoms with Gasteiger partial charge in [0, 0.05) is 25.1 Å². The lowest BCUT2D eigenvalue weighted by Gasteiger charge is -2.31. The first-order valence-electron chi connectivity index (χ1n) is 7.85. The van der Waals surface area contributed by atoms with Gasteiger partial charge >= 0.3 is 0 Å². The number of carbonyl (C=O) groups excluding carboxylic acids is 2. The maximum Gasteiger partial charge on any atom is 0.254 e. The summed E-state index contributed by atoms with van der Waals surface area (Å²) >= 11 is 0. The summed E-state index contributed by atoms with van der Waals surface area (Å²) < 4.78 is 5.93. The van der Waals surface area contributed by atoms with Crippen LogP contribution in [0.3, 0.4) is 0 Å². The Kier molecular flexibility index (Phi) is 2.85. The molecule has 3 aliphatic rings. The van der Waals surface area contributed by atoms with Crippen molar-refractivity contribution in [3.63, 3.8) is 0 Å². The number of nitrogens with zero attached hydrogens (tertiary/aromatic N) is 2. The summed E-state index contributed by atoms with van der Waals surface area (Å²) in [7, 11) is 0. The molecule has 1 aromatic rings. The Hall–Kier alpha value is -1.88. The summed E-state index contributed by atoms with van der Waals surface area (Å²) in [4.78, 5) is 28.7. The van der Waals surface area contributed by atoms with E-state index in [0.29, 0.717) is 31.7 Å². The zero-order valence-electron chi connectivity index (χ0n) is 13.0. The molecule has 2 atom stereocenters. The van der Waals surface area contributed by atoms with E-state index in [2.05, 4.69) is 0 Å². The van der Waals surface area contributed by atoms with E-state index in [0.717, 1.165) is 12.0 Å². The number of rotatable bonds is 1. The fourth-order valence-corrected chi connectivity index (χ4v) is 4.08. The zero-order valence-corrected chi connectivity index (χ0v) is 13.0. The summed E-state index contributed by atoms with van der Waals surface area (Å²) in [6.07, 6.45) is 1.11. The van der Waals surface area contributed by atoms with Crippen molar-refractivity contribution in [1.29, 1.82) is 0 Å². The van der Waals surface area contributed by atoms with Crippen molar-refractivity contribution >= 4 is 11.8 Å². The van der Waals surface area contributed by atoms with Crippen molar-refractivity contribution < 1.29 is 14.3 Å². The number of likely N-dealkylation sites (tertiary alicyclic amines) is 1. The minimum atomic E-state index is -0.549. The molecule has 5 nitrogen and oxygen atoms in total. The van der Waals surface area contributed by atoms with Crippen molar-refractivity contribution in [2.24, 2.45) is 0 Å². The lowest BCUT2D eigenvalue weighted by molar-refractivity contribution is -0.136. The third kappa shape index (κ3) is 1.69. The number of benzene rings is 1. The maximum atomic E-state index is 12.9. The molecular formula is C17H20N2O3. The molecule has 0 saturated carbocycles. The molecule has 0 unspecified atom stereocenters. The fraction of sp³-hybridized carbons (Fsp3) is 0.529. The van der Waals surface area contributed by atoms with E-state index in [1.54, 1.807) is 0 Å². The molecule has 3 fully saturated rings. The Labute approximate surface area is 129 Å². The second-order valence-electron chi connectivity index (χ2n) is 6.51. The summed E-state index contributed by atoms with van der Waals surface area (Å²) in [5.41, 5.74) is 2.44. The molecule has 0 bridgehead atoms. The number of hydrogen-bond donors (Lipinski definition) is 0. The minimum absolute atomic E-state index is 0.00938. The second kappa shape index (κ2) is 4.56. The van der Waals surface area contributed by atoms with Crippen molar-refractivity contribution in [3.05, 3.63) is 34.9 Å². The van der Waals surface area contributed by atoms with Crippen LogP contribution in [0.2, 0.25) is 0 Å². The number of amides is 2. The van der Waals surface area contributed by atoms with Gasteiger partial charge in [-0.3, -0.25) is 9.59 Å². The molecule has 3 saturated heterocycles. The van der Waals surface area contributed by atoms with Crippen LogP contribution >= 0.6 is 0 Å². The van der Waals surface area contributed by atoms with Gasteiger partial charge < -0.3 is 14.5 Å². The predicted molar refractivity (Wildman–Crippen MR) is 80.4 cm³/mol. The van der Waals surface area contributed by atoms with Gasteiger partial charge in [-0.15, -0.1) is 0 Å². The van der Waals surface area contributed by atoms with Crippen LogP contribution in [0.5, 0.6) is 0 Å². The fourth-order valence-electron chi connectivity index (χ4n) is 4.08. The largest absolute Gasteiger partial charge is 0.351 e. The van der Waals surface area contributed by atoms with Crippen LogP contribution in [0, 0.1) is 13.8 Å². The third-order valence-corrected chi connectivity index (χ3v) is 5.42. The molecule has 0 radical (unpaired) electrons. The van der Waals surface area contributed by atoms with Gasteiger partial charge in [0.05, 0.1) is 19.1 Å². The molecule has 1 aromatic carbocycles. The smallest absolute Gasteiger partial charge is 0.254 e. The number of ether oxygens (including phenoxy) is 1. The van der Waals surface area contributed by atoms with E-state index in [-0.39, 0.29) is 17.9 Å². The summed E-state index contributed by atoms with van der Waals surface area (Å²) in [5.74, 6) is 0.121. The topological polar surface area (TPSA) is 49.9 Å². The Morgan fingerprint density at radius 1 is 1.27 bits per heavy atom. The van der Waals surface area contributed by atoms with Gasteiger partial charge in [-0.1, -0.05) is 6.07 Å². The Morgan fingerprint density at radius 3 is 2.86 bits per heavy atom. The molecule has 3 heterocycles. The predicted octanol–water partition coefficient (Wildman–Crippen LogP) is 1.48. The van der Waals surface area contributed by atoms with Crippen LogP contribution in [-0.2, 0) is 9.53 Å². The standard InChI is InChI=1S/C17H20N2O3/c1-11-3-4-13(9-12(11)2)16(21)18-6-5-17-14(18)10-15(20)19(17)7-8-22-17/h3-4,9,14H,5-8,10H2,1-2H3/t14-,17+/m1/s1. The summed E-state index contributed by atoms with van der Waals surface area (Å²) in [5, 5.41) is 0. The van der Waals surface area contributed by atoms with Gasteiger partial charge in [0.2, 0.25) is 5.91 Å². The van der Waals surface area contributed by atoms with Gasteiger partial charge in [0.25, 0.3) is 5.91 Å². The SMILES string of the molecule is Cc1ccc(C(=O)N2CC[C@@]34OCCN3C(=O)C[C@@H]24)cc1C. The quantitative estimate of drug-likeness (QED) is 0.789. The average Bonchev–Trinajstić information content (AvgIpc) is 3.13. The highest BCUT2D eigenvalue weighted by Crippen LogP contribution is 2.45. The molecule has 4 rings (SSSR count). The number of aryl methyl sites for hydroxylation is 2. The first-order chi connectivity index (χ1) is 10.5. The van der Waals surface area contributed by atoms with Crippen LogP contribution < -0.4 is 0 Å². The molecule has 2 amide bonds. The van der Waals surface area contributed by atoms with Crippen molar-refractivity contribution in [2.75, 3.05) is 19.7 Å². The van der Waals surface area contributed by atoms with E-state index in [9.17, 15) is 9.59 Å². The molecule has 116 valence electrons. The van der Waals surface area contributed by atoms with Crippen molar-refractivity contribution in [3.8, 4) is 0 Å². The third-order valence-electron chi connectivity index (χ3n) is 5.42. The molecule has 0 N–H and O–H groups in total. The number of carbonyl (C=O) groups is 2. The molecule has 0 aromatic heterocycles. The molecular weight excluding hydrogens is 280 g/mol. The highest BCUT2D eigenvalue weighted by molar-refractivity contribution is 5.96. The van der Waals surface area contributed by atoms with E-state index in [1.165, 1.54) is 5.56 Å². The van der Waals surface area contributed by atoms with Crippen molar-refractivity contribution in [2.45, 2.75) is 38.5 Å². The zero-order chi connectivity index (χ0) is 15.5. The molecule has 22 heavy (non-hydrogen) atoms. The Balaban J connectivity index is 1.65. The van der Waals surface area contributed by atoms with Crippen LogP contribution in [-0.4, -0.2) is 53.1 Å². The highest BCUT2D eigenvalue weighted by Gasteiger charge is 2.62. The molecule has 1 spiro atoms. The van der Waals surface area contributed by atoms with Crippen LogP contribution in [0.25, 0.3) is 0 Å². The first-order valence-corrected chi connectivity index (χ1v) is 7.85. The summed E-state index contributed by atoms with van der Waals surface area (Å²) in [6, 6.07) is 5.65. The summed E-state index contributed by atoms with van der Waals surface area (Å²) in [6.45, 7) is 5.93.